The number of nitrogens with one attached hydrogen (secondary N) is 2. The first-order chi connectivity index (χ1) is 14.5. The lowest BCUT2D eigenvalue weighted by Gasteiger charge is -2.46. The van der Waals surface area contributed by atoms with E-state index in [0.29, 0.717) is 12.0 Å². The minimum Gasteiger partial charge on any atom is -0.454 e. The fourth-order valence-corrected chi connectivity index (χ4v) is 4.96. The van der Waals surface area contributed by atoms with E-state index in [1.807, 2.05) is 12.1 Å². The molecule has 1 aliphatic carbocycles. The molecule has 30 heavy (non-hydrogen) atoms. The molecule has 0 spiro atoms. The molecule has 3 aliphatic rings. The van der Waals surface area contributed by atoms with Gasteiger partial charge in [-0.1, -0.05) is 24.3 Å². The van der Waals surface area contributed by atoms with Crippen molar-refractivity contribution >= 4 is 11.6 Å². The molecular formula is C24H27N3O3. The zero-order valence-electron chi connectivity index (χ0n) is 17.5. The number of allylic oxidation sites excluding steroid dienone is 1. The maximum atomic E-state index is 11.4. The van der Waals surface area contributed by atoms with Gasteiger partial charge in [-0.05, 0) is 61.5 Å². The van der Waals surface area contributed by atoms with Crippen LogP contribution < -0.4 is 20.1 Å². The van der Waals surface area contributed by atoms with Gasteiger partial charge in [0.2, 0.25) is 12.7 Å². The van der Waals surface area contributed by atoms with Gasteiger partial charge in [-0.25, -0.2) is 0 Å². The first kappa shape index (κ1) is 19.2. The molecule has 2 aromatic rings. The van der Waals surface area contributed by atoms with E-state index >= 15 is 0 Å². The lowest BCUT2D eigenvalue weighted by Crippen LogP contribution is -2.54. The van der Waals surface area contributed by atoms with Crippen LogP contribution >= 0.6 is 0 Å². The molecule has 1 amide bonds. The Kier molecular flexibility index (Phi) is 4.76. The highest BCUT2D eigenvalue weighted by Crippen LogP contribution is 2.47. The van der Waals surface area contributed by atoms with Crippen LogP contribution in [0.4, 0.5) is 5.69 Å². The number of benzene rings is 2. The molecule has 3 unspecified atom stereocenters. The van der Waals surface area contributed by atoms with E-state index in [0.717, 1.165) is 29.2 Å². The second kappa shape index (κ2) is 7.45. The van der Waals surface area contributed by atoms with E-state index in [4.69, 9.17) is 9.47 Å². The summed E-state index contributed by atoms with van der Waals surface area (Å²) in [6.07, 6.45) is 5.61. The first-order valence-electron chi connectivity index (χ1n) is 10.4. The van der Waals surface area contributed by atoms with E-state index in [9.17, 15) is 4.79 Å². The van der Waals surface area contributed by atoms with Gasteiger partial charge in [-0.2, -0.15) is 0 Å². The third kappa shape index (κ3) is 3.26. The van der Waals surface area contributed by atoms with Crippen molar-refractivity contribution in [3.05, 3.63) is 65.2 Å². The second-order valence-corrected chi connectivity index (χ2v) is 8.49. The Morgan fingerprint density at radius 1 is 1.10 bits per heavy atom. The molecule has 0 saturated heterocycles. The maximum absolute atomic E-state index is 11.4. The molecule has 2 aliphatic heterocycles. The number of carbonyl (C=O) groups excluding carboxylic acids is 1. The minimum atomic E-state index is -0.0674. The maximum Gasteiger partial charge on any atom is 0.231 e. The third-order valence-electron chi connectivity index (χ3n) is 6.33. The molecule has 5 rings (SSSR count). The van der Waals surface area contributed by atoms with Crippen molar-refractivity contribution < 1.29 is 14.3 Å². The van der Waals surface area contributed by atoms with Crippen molar-refractivity contribution in [2.75, 3.05) is 26.2 Å². The van der Waals surface area contributed by atoms with Gasteiger partial charge in [0.15, 0.2) is 11.5 Å². The summed E-state index contributed by atoms with van der Waals surface area (Å²) in [7, 11) is 4.26. The Morgan fingerprint density at radius 3 is 2.47 bits per heavy atom. The number of amides is 1. The average molecular weight is 405 g/mol. The fraction of sp³-hybridized carbons (Fsp3) is 0.375. The van der Waals surface area contributed by atoms with E-state index in [1.165, 1.54) is 18.1 Å². The molecule has 6 nitrogen and oxygen atoms in total. The van der Waals surface area contributed by atoms with Gasteiger partial charge in [0.1, 0.15) is 0 Å². The summed E-state index contributed by atoms with van der Waals surface area (Å²) in [6, 6.07) is 13.0. The molecule has 4 atom stereocenters. The van der Waals surface area contributed by atoms with Crippen molar-refractivity contribution in [3.63, 3.8) is 0 Å². The summed E-state index contributed by atoms with van der Waals surface area (Å²) in [5.41, 5.74) is 4.53. The standard InChI is InChI=1S/C24H27N3O3/c1-14(28)25-16-9-7-15(8-10-16)23-19-12-22-21(29-13-30-22)11-18(19)17-5-4-6-20(27(2)3)24(17)26-23/h4,6-12,17,20,23-24,26H,5,13H2,1-3H3,(H,25,28)/t17-,20?,23?,24?/m0/s1. The first-order valence-corrected chi connectivity index (χ1v) is 10.4. The summed E-state index contributed by atoms with van der Waals surface area (Å²) in [5.74, 6) is 1.96. The van der Waals surface area contributed by atoms with Crippen molar-refractivity contribution in [1.29, 1.82) is 0 Å². The molecule has 0 saturated carbocycles. The van der Waals surface area contributed by atoms with Crippen LogP contribution in [-0.2, 0) is 4.79 Å². The monoisotopic (exact) mass is 405 g/mol. The number of carbonyl (C=O) groups is 1. The Labute approximate surface area is 176 Å². The Morgan fingerprint density at radius 2 is 1.80 bits per heavy atom. The largest absolute Gasteiger partial charge is 0.454 e. The molecule has 0 aromatic heterocycles. The zero-order chi connectivity index (χ0) is 20.8. The van der Waals surface area contributed by atoms with Crippen LogP contribution in [0.3, 0.4) is 0 Å². The number of likely N-dealkylation sites (N-methyl/N-ethyl adjacent to an activating group) is 1. The summed E-state index contributed by atoms with van der Waals surface area (Å²) >= 11 is 0. The lowest BCUT2D eigenvalue weighted by molar-refractivity contribution is -0.114. The molecule has 2 aromatic carbocycles. The van der Waals surface area contributed by atoms with E-state index in [-0.39, 0.29) is 24.8 Å². The molecule has 2 N–H and O–H groups in total. The molecule has 0 radical (unpaired) electrons. The molecule has 156 valence electrons. The molecule has 2 heterocycles. The van der Waals surface area contributed by atoms with Crippen LogP contribution in [0.25, 0.3) is 0 Å². The average Bonchev–Trinajstić information content (AvgIpc) is 3.19. The number of nitrogens with zero attached hydrogens (tertiary/aromatic N) is 1. The number of ether oxygens (including phenoxy) is 2. The smallest absolute Gasteiger partial charge is 0.231 e. The van der Waals surface area contributed by atoms with Gasteiger partial charge in [-0.3, -0.25) is 4.79 Å². The van der Waals surface area contributed by atoms with Crippen LogP contribution in [0.15, 0.2) is 48.6 Å². The van der Waals surface area contributed by atoms with Gasteiger partial charge in [0.05, 0.1) is 6.04 Å². The van der Waals surface area contributed by atoms with Crippen LogP contribution in [0.2, 0.25) is 0 Å². The van der Waals surface area contributed by atoms with Gasteiger partial charge in [0, 0.05) is 30.6 Å². The van der Waals surface area contributed by atoms with Crippen LogP contribution in [0, 0.1) is 0 Å². The summed E-state index contributed by atoms with van der Waals surface area (Å²) in [6.45, 7) is 1.80. The predicted octanol–water partition coefficient (Wildman–Crippen LogP) is 3.41. The summed E-state index contributed by atoms with van der Waals surface area (Å²) in [5, 5.41) is 6.78. The third-order valence-corrected chi connectivity index (χ3v) is 6.33. The van der Waals surface area contributed by atoms with Crippen molar-refractivity contribution in [2.45, 2.75) is 37.4 Å². The van der Waals surface area contributed by atoms with E-state index in [1.54, 1.807) is 0 Å². The van der Waals surface area contributed by atoms with Gasteiger partial charge in [-0.15, -0.1) is 0 Å². The van der Waals surface area contributed by atoms with E-state index < -0.39 is 0 Å². The molecular weight excluding hydrogens is 378 g/mol. The quantitative estimate of drug-likeness (QED) is 0.767. The van der Waals surface area contributed by atoms with Crippen molar-refractivity contribution in [2.24, 2.45) is 0 Å². The number of hydrogen-bond donors (Lipinski definition) is 2. The Bertz CT molecular complexity index is 1000. The fourth-order valence-electron chi connectivity index (χ4n) is 4.96. The zero-order valence-corrected chi connectivity index (χ0v) is 17.5. The molecule has 6 heteroatoms. The number of hydrogen-bond acceptors (Lipinski definition) is 5. The van der Waals surface area contributed by atoms with Gasteiger partial charge < -0.3 is 25.0 Å². The van der Waals surface area contributed by atoms with Gasteiger partial charge in [0.25, 0.3) is 0 Å². The Balaban J connectivity index is 1.58. The molecule has 0 fully saturated rings. The van der Waals surface area contributed by atoms with Crippen LogP contribution in [-0.4, -0.2) is 43.8 Å². The highest BCUT2D eigenvalue weighted by atomic mass is 16.7. The normalized spacial score (nSPS) is 26.3. The predicted molar refractivity (Wildman–Crippen MR) is 116 cm³/mol. The highest BCUT2D eigenvalue weighted by Gasteiger charge is 2.41. The number of rotatable bonds is 3. The van der Waals surface area contributed by atoms with Crippen molar-refractivity contribution in [1.82, 2.24) is 10.2 Å². The molecule has 0 bridgehead atoms. The van der Waals surface area contributed by atoms with Crippen LogP contribution in [0.5, 0.6) is 11.5 Å². The topological polar surface area (TPSA) is 62.8 Å². The second-order valence-electron chi connectivity index (χ2n) is 8.49. The number of anilines is 1. The Hall–Kier alpha value is -2.83. The van der Waals surface area contributed by atoms with E-state index in [2.05, 4.69) is 66.0 Å². The van der Waals surface area contributed by atoms with Crippen LogP contribution in [0.1, 0.15) is 42.0 Å². The summed E-state index contributed by atoms with van der Waals surface area (Å²) < 4.78 is 11.4. The highest BCUT2D eigenvalue weighted by molar-refractivity contribution is 5.88. The number of fused-ring (bicyclic) bond motifs is 4. The minimum absolute atomic E-state index is 0.0380. The SMILES string of the molecule is CC(=O)Nc1ccc(C2NC3C(N(C)C)C=CC[C@H]3c3cc4c(cc32)OCO4)cc1. The lowest BCUT2D eigenvalue weighted by atomic mass is 9.73. The summed E-state index contributed by atoms with van der Waals surface area (Å²) in [4.78, 5) is 13.6. The van der Waals surface area contributed by atoms with Gasteiger partial charge >= 0.3 is 0 Å². The van der Waals surface area contributed by atoms with Crippen molar-refractivity contribution in [3.8, 4) is 11.5 Å².